The average molecular weight is 414 g/mol. The smallest absolute Gasteiger partial charge is 0.246 e. The lowest BCUT2D eigenvalue weighted by atomic mass is 10.3. The predicted octanol–water partition coefficient (Wildman–Crippen LogP) is 2.65. The summed E-state index contributed by atoms with van der Waals surface area (Å²) < 4.78 is 38.5. The Hall–Kier alpha value is -2.91. The molecule has 3 heterocycles. The molecule has 29 heavy (non-hydrogen) atoms. The molecule has 0 radical (unpaired) electrons. The van der Waals surface area contributed by atoms with Crippen molar-refractivity contribution < 1.29 is 17.6 Å². The molecule has 1 aliphatic heterocycles. The number of sulfonamides is 1. The van der Waals surface area contributed by atoms with Gasteiger partial charge in [-0.05, 0) is 43.3 Å². The van der Waals surface area contributed by atoms with Gasteiger partial charge in [0.05, 0.1) is 12.9 Å². The van der Waals surface area contributed by atoms with Crippen LogP contribution in [0.4, 0.5) is 5.82 Å². The molecule has 152 valence electrons. The van der Waals surface area contributed by atoms with Crippen LogP contribution in [0.15, 0.2) is 64.1 Å². The summed E-state index contributed by atoms with van der Waals surface area (Å²) in [4.78, 5) is 2.23. The van der Waals surface area contributed by atoms with Gasteiger partial charge < -0.3 is 14.1 Å². The second-order valence-electron chi connectivity index (χ2n) is 6.52. The molecule has 1 aliphatic rings. The first kappa shape index (κ1) is 19.4. The van der Waals surface area contributed by atoms with Crippen LogP contribution in [0.5, 0.6) is 5.75 Å². The second-order valence-corrected chi connectivity index (χ2v) is 8.43. The van der Waals surface area contributed by atoms with Gasteiger partial charge >= 0.3 is 0 Å². The number of hydrogen-bond donors (Lipinski definition) is 0. The van der Waals surface area contributed by atoms with E-state index in [-0.39, 0.29) is 4.90 Å². The summed E-state index contributed by atoms with van der Waals surface area (Å²) in [6.07, 6.45) is 1.59. The Labute approximate surface area is 169 Å². The van der Waals surface area contributed by atoms with Crippen LogP contribution in [0.25, 0.3) is 11.5 Å². The van der Waals surface area contributed by atoms with Gasteiger partial charge in [0.2, 0.25) is 10.0 Å². The van der Waals surface area contributed by atoms with Gasteiger partial charge in [0.1, 0.15) is 16.3 Å². The highest BCUT2D eigenvalue weighted by Crippen LogP contribution is 2.28. The highest BCUT2D eigenvalue weighted by molar-refractivity contribution is 7.89. The number of rotatable bonds is 6. The van der Waals surface area contributed by atoms with Gasteiger partial charge in [-0.3, -0.25) is 0 Å². The van der Waals surface area contributed by atoms with E-state index in [1.165, 1.54) is 4.31 Å². The van der Waals surface area contributed by atoms with E-state index in [9.17, 15) is 8.42 Å². The third-order valence-electron chi connectivity index (χ3n) is 4.75. The Bertz CT molecular complexity index is 1040. The highest BCUT2D eigenvalue weighted by Gasteiger charge is 2.31. The van der Waals surface area contributed by atoms with Crippen LogP contribution in [0, 0.1) is 0 Å². The summed E-state index contributed by atoms with van der Waals surface area (Å²) in [5, 5.41) is 8.48. The third-order valence-corrected chi connectivity index (χ3v) is 6.69. The minimum absolute atomic E-state index is 0.206. The molecule has 0 atom stereocenters. The lowest BCUT2D eigenvalue weighted by Crippen LogP contribution is -2.49. The van der Waals surface area contributed by atoms with Crippen LogP contribution in [0.1, 0.15) is 6.92 Å². The first-order chi connectivity index (χ1) is 14.1. The minimum atomic E-state index is -3.62. The second kappa shape index (κ2) is 8.22. The van der Waals surface area contributed by atoms with E-state index in [1.807, 2.05) is 30.0 Å². The van der Waals surface area contributed by atoms with Crippen molar-refractivity contribution in [3.63, 3.8) is 0 Å². The van der Waals surface area contributed by atoms with Crippen molar-refractivity contribution in [2.45, 2.75) is 11.8 Å². The van der Waals surface area contributed by atoms with Crippen LogP contribution in [-0.2, 0) is 10.0 Å². The molecule has 1 aromatic carbocycles. The highest BCUT2D eigenvalue weighted by atomic mass is 32.2. The van der Waals surface area contributed by atoms with Crippen molar-refractivity contribution in [1.82, 2.24) is 14.5 Å². The Kier molecular flexibility index (Phi) is 5.50. The molecule has 0 unspecified atom stereocenters. The third kappa shape index (κ3) is 3.96. The maximum atomic E-state index is 13.1. The summed E-state index contributed by atoms with van der Waals surface area (Å²) in [5.41, 5.74) is 0.660. The number of aromatic nitrogens is 2. The monoisotopic (exact) mass is 414 g/mol. The van der Waals surface area contributed by atoms with E-state index < -0.39 is 10.0 Å². The van der Waals surface area contributed by atoms with Crippen molar-refractivity contribution in [2.24, 2.45) is 0 Å². The zero-order valence-electron chi connectivity index (χ0n) is 16.1. The molecule has 0 spiro atoms. The normalized spacial score (nSPS) is 15.4. The first-order valence-electron chi connectivity index (χ1n) is 9.44. The van der Waals surface area contributed by atoms with Gasteiger partial charge in [0, 0.05) is 26.2 Å². The van der Waals surface area contributed by atoms with Crippen molar-refractivity contribution in [3.8, 4) is 17.2 Å². The molecule has 1 saturated heterocycles. The van der Waals surface area contributed by atoms with E-state index >= 15 is 0 Å². The number of furan rings is 1. The molecule has 9 heteroatoms. The molecule has 0 amide bonds. The summed E-state index contributed by atoms with van der Waals surface area (Å²) in [5.74, 6) is 1.76. The molecule has 8 nitrogen and oxygen atoms in total. The number of anilines is 1. The molecule has 0 aliphatic carbocycles. The number of nitrogens with zero attached hydrogens (tertiary/aromatic N) is 4. The zero-order valence-corrected chi connectivity index (χ0v) is 16.9. The fraction of sp³-hybridized carbons (Fsp3) is 0.300. The quantitative estimate of drug-likeness (QED) is 0.613. The topological polar surface area (TPSA) is 88.8 Å². The van der Waals surface area contributed by atoms with E-state index in [2.05, 4.69) is 10.2 Å². The van der Waals surface area contributed by atoms with E-state index in [1.54, 1.807) is 36.6 Å². The molecular weight excluding hydrogens is 392 g/mol. The fourth-order valence-corrected chi connectivity index (χ4v) is 4.84. The SMILES string of the molecule is CCOc1ccccc1S(=O)(=O)N1CCN(c2ccc(-c3ccco3)nn2)CC1. The van der Waals surface area contributed by atoms with E-state index in [0.29, 0.717) is 55.8 Å². The van der Waals surface area contributed by atoms with Crippen LogP contribution in [0.2, 0.25) is 0 Å². The van der Waals surface area contributed by atoms with Crippen molar-refractivity contribution in [2.75, 3.05) is 37.7 Å². The van der Waals surface area contributed by atoms with Crippen LogP contribution in [-0.4, -0.2) is 55.7 Å². The maximum Gasteiger partial charge on any atom is 0.246 e. The van der Waals surface area contributed by atoms with Crippen LogP contribution in [0.3, 0.4) is 0 Å². The Morgan fingerprint density at radius 2 is 1.79 bits per heavy atom. The number of piperazine rings is 1. The number of hydrogen-bond acceptors (Lipinski definition) is 7. The fourth-order valence-electron chi connectivity index (χ4n) is 3.28. The molecule has 0 bridgehead atoms. The summed E-state index contributed by atoms with van der Waals surface area (Å²) in [7, 11) is -3.62. The summed E-state index contributed by atoms with van der Waals surface area (Å²) in [6, 6.07) is 14.1. The Balaban J connectivity index is 1.45. The molecule has 0 saturated carbocycles. The first-order valence-corrected chi connectivity index (χ1v) is 10.9. The Morgan fingerprint density at radius 1 is 1.00 bits per heavy atom. The average Bonchev–Trinajstić information content (AvgIpc) is 3.29. The van der Waals surface area contributed by atoms with Gasteiger partial charge in [-0.2, -0.15) is 4.31 Å². The summed E-state index contributed by atoms with van der Waals surface area (Å²) >= 11 is 0. The van der Waals surface area contributed by atoms with Crippen molar-refractivity contribution in [1.29, 1.82) is 0 Å². The molecule has 3 aromatic rings. The number of para-hydroxylation sites is 1. The lowest BCUT2D eigenvalue weighted by molar-refractivity contribution is 0.327. The van der Waals surface area contributed by atoms with E-state index in [0.717, 1.165) is 0 Å². The number of ether oxygens (including phenoxy) is 1. The minimum Gasteiger partial charge on any atom is -0.492 e. The number of benzene rings is 1. The van der Waals surface area contributed by atoms with Gasteiger partial charge in [0.15, 0.2) is 11.6 Å². The maximum absolute atomic E-state index is 13.1. The molecule has 2 aromatic heterocycles. The molecular formula is C20H22N4O4S. The zero-order chi connectivity index (χ0) is 20.3. The Morgan fingerprint density at radius 3 is 2.45 bits per heavy atom. The molecule has 1 fully saturated rings. The van der Waals surface area contributed by atoms with Gasteiger partial charge in [-0.15, -0.1) is 10.2 Å². The van der Waals surface area contributed by atoms with Crippen LogP contribution >= 0.6 is 0 Å². The molecule has 4 rings (SSSR count). The van der Waals surface area contributed by atoms with Crippen LogP contribution < -0.4 is 9.64 Å². The van der Waals surface area contributed by atoms with Gasteiger partial charge in [0.25, 0.3) is 0 Å². The van der Waals surface area contributed by atoms with E-state index in [4.69, 9.17) is 9.15 Å². The van der Waals surface area contributed by atoms with Crippen molar-refractivity contribution >= 4 is 15.8 Å². The predicted molar refractivity (Wildman–Crippen MR) is 108 cm³/mol. The summed E-state index contributed by atoms with van der Waals surface area (Å²) in [6.45, 7) is 4.04. The van der Waals surface area contributed by atoms with Crippen molar-refractivity contribution in [3.05, 3.63) is 54.8 Å². The lowest BCUT2D eigenvalue weighted by Gasteiger charge is -2.34. The molecule has 0 N–H and O–H groups in total. The largest absolute Gasteiger partial charge is 0.492 e. The van der Waals surface area contributed by atoms with Gasteiger partial charge in [-0.25, -0.2) is 8.42 Å². The van der Waals surface area contributed by atoms with Gasteiger partial charge in [-0.1, -0.05) is 12.1 Å². The standard InChI is InChI=1S/C20H22N4O4S/c1-2-27-18-6-3-4-8-19(18)29(25,26)24-13-11-23(12-14-24)20-10-9-16(21-22-20)17-7-5-15-28-17/h3-10,15H,2,11-14H2,1H3.